The van der Waals surface area contributed by atoms with E-state index >= 15 is 0 Å². The Bertz CT molecular complexity index is 803. The van der Waals surface area contributed by atoms with Crippen molar-refractivity contribution in [2.24, 2.45) is 0 Å². The minimum absolute atomic E-state index is 0.0285. The summed E-state index contributed by atoms with van der Waals surface area (Å²) in [7, 11) is 0. The molecule has 1 N–H and O–H groups in total. The van der Waals surface area contributed by atoms with Crippen LogP contribution >= 0.6 is 0 Å². The van der Waals surface area contributed by atoms with Crippen molar-refractivity contribution < 1.29 is 18.7 Å². The number of hydrogen-bond donors (Lipinski definition) is 1. The van der Waals surface area contributed by atoms with Gasteiger partial charge < -0.3 is 14.5 Å². The summed E-state index contributed by atoms with van der Waals surface area (Å²) in [6, 6.07) is -0.0406. The monoisotopic (exact) mass is 321 g/mol. The molecule has 2 aromatic heterocycles. The molecule has 1 amide bonds. The zero-order valence-electron chi connectivity index (χ0n) is 13.5. The van der Waals surface area contributed by atoms with E-state index in [1.807, 2.05) is 13.8 Å². The third-order valence-corrected chi connectivity index (χ3v) is 3.10. The molecule has 0 radical (unpaired) electrons. The fraction of sp³-hybridized carbons (Fsp3) is 0.467. The van der Waals surface area contributed by atoms with E-state index in [1.165, 1.54) is 6.33 Å². The summed E-state index contributed by atoms with van der Waals surface area (Å²) in [5.74, 6) is -0.708. The SMILES string of the molecule is CCOC(=O)c1c(C)oc2ncn(CC(=O)NC(C)C)c(=O)c12. The summed E-state index contributed by atoms with van der Waals surface area (Å²) in [6.07, 6.45) is 1.22. The third kappa shape index (κ3) is 3.41. The van der Waals surface area contributed by atoms with Gasteiger partial charge in [-0.1, -0.05) is 0 Å². The largest absolute Gasteiger partial charge is 0.462 e. The molecule has 0 aliphatic heterocycles. The molecule has 23 heavy (non-hydrogen) atoms. The first kappa shape index (κ1) is 16.7. The van der Waals surface area contributed by atoms with Gasteiger partial charge in [0.1, 0.15) is 29.6 Å². The molecule has 0 unspecified atom stereocenters. The molecule has 0 saturated carbocycles. The first-order valence-corrected chi connectivity index (χ1v) is 7.30. The molecule has 0 bridgehead atoms. The van der Waals surface area contributed by atoms with Crippen LogP contribution in [0.5, 0.6) is 0 Å². The van der Waals surface area contributed by atoms with Crippen LogP contribution in [-0.2, 0) is 16.1 Å². The van der Waals surface area contributed by atoms with Crippen LogP contribution < -0.4 is 10.9 Å². The molecule has 0 saturated heterocycles. The second kappa shape index (κ2) is 6.64. The van der Waals surface area contributed by atoms with Crippen LogP contribution in [-0.4, -0.2) is 34.1 Å². The van der Waals surface area contributed by atoms with E-state index in [0.29, 0.717) is 0 Å². The molecule has 0 aliphatic rings. The Kier molecular flexibility index (Phi) is 4.83. The number of esters is 1. The number of ether oxygens (including phenoxy) is 1. The molecule has 8 heteroatoms. The van der Waals surface area contributed by atoms with E-state index in [1.54, 1.807) is 13.8 Å². The van der Waals surface area contributed by atoms with Gasteiger partial charge in [0.25, 0.3) is 5.56 Å². The van der Waals surface area contributed by atoms with Crippen LogP contribution in [0.3, 0.4) is 0 Å². The maximum Gasteiger partial charge on any atom is 0.342 e. The first-order valence-electron chi connectivity index (χ1n) is 7.30. The maximum absolute atomic E-state index is 12.6. The Morgan fingerprint density at radius 1 is 1.43 bits per heavy atom. The lowest BCUT2D eigenvalue weighted by Gasteiger charge is -2.09. The summed E-state index contributed by atoms with van der Waals surface area (Å²) in [4.78, 5) is 40.4. The van der Waals surface area contributed by atoms with Crippen molar-refractivity contribution in [3.8, 4) is 0 Å². The smallest absolute Gasteiger partial charge is 0.342 e. The normalized spacial score (nSPS) is 11.0. The standard InChI is InChI=1S/C15H19N3O5/c1-5-22-15(21)11-9(4)23-13-12(11)14(20)18(7-16-13)6-10(19)17-8(2)3/h7-8H,5-6H2,1-4H3,(H,17,19). The number of carbonyl (C=O) groups excluding carboxylic acids is 2. The summed E-state index contributed by atoms with van der Waals surface area (Å²) < 4.78 is 11.4. The lowest BCUT2D eigenvalue weighted by atomic mass is 10.2. The van der Waals surface area contributed by atoms with Crippen molar-refractivity contribution in [1.82, 2.24) is 14.9 Å². The predicted molar refractivity (Wildman–Crippen MR) is 82.2 cm³/mol. The molecule has 2 rings (SSSR count). The third-order valence-electron chi connectivity index (χ3n) is 3.10. The summed E-state index contributed by atoms with van der Waals surface area (Å²) in [5, 5.41) is 2.72. The number of furan rings is 1. The van der Waals surface area contributed by atoms with Crippen LogP contribution in [0.15, 0.2) is 15.5 Å². The quantitative estimate of drug-likeness (QED) is 0.824. The Hall–Kier alpha value is -2.64. The van der Waals surface area contributed by atoms with Gasteiger partial charge in [0.2, 0.25) is 11.6 Å². The second-order valence-electron chi connectivity index (χ2n) is 5.33. The zero-order chi connectivity index (χ0) is 17.1. The summed E-state index contributed by atoms with van der Waals surface area (Å²) >= 11 is 0. The fourth-order valence-corrected chi connectivity index (χ4v) is 2.22. The van der Waals surface area contributed by atoms with E-state index in [-0.39, 0.29) is 47.5 Å². The highest BCUT2D eigenvalue weighted by molar-refractivity contribution is 6.03. The van der Waals surface area contributed by atoms with Gasteiger partial charge in [-0.05, 0) is 27.7 Å². The minimum atomic E-state index is -0.646. The lowest BCUT2D eigenvalue weighted by Crippen LogP contribution is -2.36. The van der Waals surface area contributed by atoms with E-state index < -0.39 is 11.5 Å². The van der Waals surface area contributed by atoms with Gasteiger partial charge in [-0.25, -0.2) is 9.78 Å². The molecule has 0 aliphatic carbocycles. The number of fused-ring (bicyclic) bond motifs is 1. The van der Waals surface area contributed by atoms with Crippen molar-refractivity contribution in [3.63, 3.8) is 0 Å². The highest BCUT2D eigenvalue weighted by Crippen LogP contribution is 2.21. The van der Waals surface area contributed by atoms with Gasteiger partial charge in [0.15, 0.2) is 0 Å². The van der Waals surface area contributed by atoms with Crippen LogP contribution in [0.2, 0.25) is 0 Å². The number of nitrogens with zero attached hydrogens (tertiary/aromatic N) is 2. The summed E-state index contributed by atoms with van der Waals surface area (Å²) in [6.45, 7) is 6.86. The van der Waals surface area contributed by atoms with Gasteiger partial charge in [-0.15, -0.1) is 0 Å². The van der Waals surface area contributed by atoms with E-state index in [9.17, 15) is 14.4 Å². The molecular formula is C15H19N3O5. The average molecular weight is 321 g/mol. The number of carbonyl (C=O) groups is 2. The molecule has 0 atom stereocenters. The molecule has 0 aromatic carbocycles. The number of hydrogen-bond acceptors (Lipinski definition) is 6. The Morgan fingerprint density at radius 2 is 2.13 bits per heavy atom. The Balaban J connectivity index is 2.49. The zero-order valence-corrected chi connectivity index (χ0v) is 13.5. The number of aromatic nitrogens is 2. The second-order valence-corrected chi connectivity index (χ2v) is 5.33. The molecular weight excluding hydrogens is 302 g/mol. The molecule has 124 valence electrons. The lowest BCUT2D eigenvalue weighted by molar-refractivity contribution is -0.122. The minimum Gasteiger partial charge on any atom is -0.462 e. The van der Waals surface area contributed by atoms with Crippen LogP contribution in [0.4, 0.5) is 0 Å². The summed E-state index contributed by atoms with van der Waals surface area (Å²) in [5.41, 5.74) is -0.414. The number of amides is 1. The van der Waals surface area contributed by atoms with Crippen molar-refractivity contribution in [1.29, 1.82) is 0 Å². The van der Waals surface area contributed by atoms with Gasteiger partial charge in [0.05, 0.1) is 6.61 Å². The molecule has 2 aromatic rings. The van der Waals surface area contributed by atoms with Gasteiger partial charge in [0, 0.05) is 6.04 Å². The fourth-order valence-electron chi connectivity index (χ4n) is 2.22. The van der Waals surface area contributed by atoms with Crippen molar-refractivity contribution in [2.45, 2.75) is 40.3 Å². The Labute approximate surface area is 132 Å². The average Bonchev–Trinajstić information content (AvgIpc) is 2.78. The molecule has 0 fully saturated rings. The van der Waals surface area contributed by atoms with Gasteiger partial charge in [-0.3, -0.25) is 14.2 Å². The highest BCUT2D eigenvalue weighted by Gasteiger charge is 2.24. The Morgan fingerprint density at radius 3 is 2.74 bits per heavy atom. The van der Waals surface area contributed by atoms with Crippen molar-refractivity contribution in [2.75, 3.05) is 6.61 Å². The molecule has 8 nitrogen and oxygen atoms in total. The number of nitrogens with one attached hydrogen (secondary N) is 1. The van der Waals surface area contributed by atoms with E-state index in [2.05, 4.69) is 10.3 Å². The number of rotatable bonds is 5. The van der Waals surface area contributed by atoms with Gasteiger partial charge >= 0.3 is 5.97 Å². The highest BCUT2D eigenvalue weighted by atomic mass is 16.5. The van der Waals surface area contributed by atoms with E-state index in [4.69, 9.17) is 9.15 Å². The number of aryl methyl sites for hydroxylation is 1. The predicted octanol–water partition coefficient (Wildman–Crippen LogP) is 0.999. The molecule has 0 spiro atoms. The molecule has 2 heterocycles. The van der Waals surface area contributed by atoms with E-state index in [0.717, 1.165) is 4.57 Å². The van der Waals surface area contributed by atoms with Gasteiger partial charge in [-0.2, -0.15) is 0 Å². The first-order chi connectivity index (χ1) is 10.8. The topological polar surface area (TPSA) is 103 Å². The maximum atomic E-state index is 12.6. The van der Waals surface area contributed by atoms with Crippen LogP contribution in [0.1, 0.15) is 36.9 Å². The van der Waals surface area contributed by atoms with Crippen molar-refractivity contribution >= 4 is 23.0 Å². The van der Waals surface area contributed by atoms with Crippen molar-refractivity contribution in [3.05, 3.63) is 28.0 Å². The van der Waals surface area contributed by atoms with Crippen LogP contribution in [0, 0.1) is 6.92 Å². The van der Waals surface area contributed by atoms with Crippen LogP contribution in [0.25, 0.3) is 11.1 Å².